The minimum absolute atomic E-state index is 0.243. The minimum atomic E-state index is 0.243. The molecule has 0 spiro atoms. The molecule has 0 saturated heterocycles. The van der Waals surface area contributed by atoms with E-state index >= 15 is 0 Å². The average molecular weight is 157 g/mol. The molecule has 0 radical (unpaired) electrons. The maximum atomic E-state index is 8.22. The van der Waals surface area contributed by atoms with Crippen molar-refractivity contribution in [2.75, 3.05) is 6.54 Å². The summed E-state index contributed by atoms with van der Waals surface area (Å²) < 4.78 is 0. The Bertz CT molecular complexity index is 177. The first-order valence-corrected chi connectivity index (χ1v) is 3.76. The highest BCUT2D eigenvalue weighted by atomic mass is 16.4. The van der Waals surface area contributed by atoms with Crippen LogP contribution in [0.15, 0.2) is 5.16 Å². The normalized spacial score (nSPS) is 28.5. The van der Waals surface area contributed by atoms with Gasteiger partial charge < -0.3 is 16.3 Å². The van der Waals surface area contributed by atoms with Crippen LogP contribution in [0, 0.1) is 5.41 Å². The summed E-state index contributed by atoms with van der Waals surface area (Å²) in [5.74, 6) is 0.243. The summed E-state index contributed by atoms with van der Waals surface area (Å²) in [5.41, 5.74) is 5.67. The van der Waals surface area contributed by atoms with Gasteiger partial charge in [-0.2, -0.15) is 0 Å². The Morgan fingerprint density at radius 3 is 2.73 bits per heavy atom. The van der Waals surface area contributed by atoms with Crippen LogP contribution in [0.1, 0.15) is 20.3 Å². The van der Waals surface area contributed by atoms with E-state index in [0.29, 0.717) is 18.0 Å². The van der Waals surface area contributed by atoms with Gasteiger partial charge in [-0.15, -0.1) is 0 Å². The molecule has 0 bridgehead atoms. The fourth-order valence-corrected chi connectivity index (χ4v) is 1.08. The van der Waals surface area contributed by atoms with Gasteiger partial charge >= 0.3 is 0 Å². The van der Waals surface area contributed by atoms with Crippen LogP contribution in [0.2, 0.25) is 0 Å². The molecule has 64 valence electrons. The lowest BCUT2D eigenvalue weighted by Gasteiger charge is -2.04. The molecule has 0 aromatic heterocycles. The van der Waals surface area contributed by atoms with Crippen LogP contribution in [0.25, 0.3) is 0 Å². The summed E-state index contributed by atoms with van der Waals surface area (Å²) >= 11 is 0. The van der Waals surface area contributed by atoms with Crippen molar-refractivity contribution in [2.45, 2.75) is 26.3 Å². The molecule has 0 amide bonds. The first-order chi connectivity index (χ1) is 5.06. The number of amidine groups is 1. The van der Waals surface area contributed by atoms with Crippen molar-refractivity contribution in [3.63, 3.8) is 0 Å². The van der Waals surface area contributed by atoms with Crippen LogP contribution in [0.5, 0.6) is 0 Å². The van der Waals surface area contributed by atoms with Crippen molar-refractivity contribution in [1.82, 2.24) is 5.32 Å². The molecule has 0 aromatic carbocycles. The average Bonchev–Trinajstić information content (AvgIpc) is 2.54. The van der Waals surface area contributed by atoms with Crippen molar-refractivity contribution in [2.24, 2.45) is 16.3 Å². The number of nitrogens with two attached hydrogens (primary N) is 1. The number of nitrogens with zero attached hydrogens (tertiary/aromatic N) is 1. The van der Waals surface area contributed by atoms with Gasteiger partial charge in [0.25, 0.3) is 0 Å². The van der Waals surface area contributed by atoms with Gasteiger partial charge in [-0.05, 0) is 11.8 Å². The molecule has 4 N–H and O–H groups in total. The molecule has 1 aliphatic carbocycles. The van der Waals surface area contributed by atoms with E-state index in [1.165, 1.54) is 6.42 Å². The molecule has 4 nitrogen and oxygen atoms in total. The molecule has 1 rings (SSSR count). The Hall–Kier alpha value is -0.770. The second kappa shape index (κ2) is 2.70. The van der Waals surface area contributed by atoms with Gasteiger partial charge in [0.2, 0.25) is 0 Å². The second-order valence-corrected chi connectivity index (χ2v) is 3.72. The molecule has 1 saturated carbocycles. The van der Waals surface area contributed by atoms with Crippen molar-refractivity contribution in [3.8, 4) is 0 Å². The third kappa shape index (κ3) is 2.08. The number of nitrogens with one attached hydrogen (secondary N) is 1. The van der Waals surface area contributed by atoms with Gasteiger partial charge in [0, 0.05) is 6.04 Å². The SMILES string of the molecule is CC1(C)CC1NCC(N)=NO. The largest absolute Gasteiger partial charge is 0.409 e. The standard InChI is InChI=1S/C7H15N3O/c1-7(2)3-5(7)9-4-6(8)10-11/h5,9,11H,3-4H2,1-2H3,(H2,8,10). The second-order valence-electron chi connectivity index (χ2n) is 3.72. The molecule has 0 heterocycles. The lowest BCUT2D eigenvalue weighted by Crippen LogP contribution is -2.32. The number of oxime groups is 1. The predicted molar refractivity (Wildman–Crippen MR) is 43.6 cm³/mol. The molecule has 1 aliphatic rings. The van der Waals surface area contributed by atoms with Crippen LogP contribution in [-0.4, -0.2) is 23.6 Å². The van der Waals surface area contributed by atoms with Gasteiger partial charge in [-0.25, -0.2) is 0 Å². The van der Waals surface area contributed by atoms with Gasteiger partial charge in [-0.1, -0.05) is 19.0 Å². The first-order valence-electron chi connectivity index (χ1n) is 3.76. The van der Waals surface area contributed by atoms with E-state index in [1.54, 1.807) is 0 Å². The van der Waals surface area contributed by atoms with Crippen molar-refractivity contribution >= 4 is 5.84 Å². The first kappa shape index (κ1) is 8.33. The van der Waals surface area contributed by atoms with E-state index in [0.717, 1.165) is 0 Å². The highest BCUT2D eigenvalue weighted by Gasteiger charge is 2.45. The number of hydrogen-bond acceptors (Lipinski definition) is 3. The van der Waals surface area contributed by atoms with E-state index in [1.807, 2.05) is 0 Å². The Kier molecular flexibility index (Phi) is 2.04. The fourth-order valence-electron chi connectivity index (χ4n) is 1.08. The third-order valence-electron chi connectivity index (χ3n) is 2.17. The number of rotatable bonds is 3. The summed E-state index contributed by atoms with van der Waals surface area (Å²) in [7, 11) is 0. The maximum absolute atomic E-state index is 8.22. The molecule has 0 aliphatic heterocycles. The molecular formula is C7H15N3O. The van der Waals surface area contributed by atoms with Gasteiger partial charge in [0.15, 0.2) is 5.84 Å². The lowest BCUT2D eigenvalue weighted by atomic mass is 10.2. The monoisotopic (exact) mass is 157 g/mol. The Morgan fingerprint density at radius 1 is 1.82 bits per heavy atom. The van der Waals surface area contributed by atoms with Crippen molar-refractivity contribution in [3.05, 3.63) is 0 Å². The van der Waals surface area contributed by atoms with Crippen LogP contribution < -0.4 is 11.1 Å². The molecule has 1 atom stereocenters. The molecule has 1 unspecified atom stereocenters. The molecule has 4 heteroatoms. The summed E-state index contributed by atoms with van der Waals surface area (Å²) in [6.45, 7) is 4.86. The fraction of sp³-hybridized carbons (Fsp3) is 0.857. The molecule has 0 aromatic rings. The Labute approximate surface area is 66.5 Å². The van der Waals surface area contributed by atoms with Gasteiger partial charge in [0.1, 0.15) is 0 Å². The number of hydrogen-bond donors (Lipinski definition) is 3. The highest BCUT2D eigenvalue weighted by Crippen LogP contribution is 2.44. The molecular weight excluding hydrogens is 142 g/mol. The Balaban J connectivity index is 2.16. The van der Waals surface area contributed by atoms with Gasteiger partial charge in [0.05, 0.1) is 6.54 Å². The van der Waals surface area contributed by atoms with Gasteiger partial charge in [-0.3, -0.25) is 0 Å². The maximum Gasteiger partial charge on any atom is 0.153 e. The Morgan fingerprint density at radius 2 is 2.36 bits per heavy atom. The summed E-state index contributed by atoms with van der Waals surface area (Å²) in [6, 6.07) is 0.530. The lowest BCUT2D eigenvalue weighted by molar-refractivity contribution is 0.317. The van der Waals surface area contributed by atoms with Crippen molar-refractivity contribution < 1.29 is 5.21 Å². The van der Waals surface area contributed by atoms with E-state index in [4.69, 9.17) is 10.9 Å². The zero-order chi connectivity index (χ0) is 8.48. The third-order valence-corrected chi connectivity index (χ3v) is 2.17. The molecule has 1 fully saturated rings. The van der Waals surface area contributed by atoms with Crippen molar-refractivity contribution in [1.29, 1.82) is 0 Å². The topological polar surface area (TPSA) is 70.6 Å². The smallest absolute Gasteiger partial charge is 0.153 e. The minimum Gasteiger partial charge on any atom is -0.409 e. The van der Waals surface area contributed by atoms with Crippen LogP contribution in [0.4, 0.5) is 0 Å². The quantitative estimate of drug-likeness (QED) is 0.236. The van der Waals surface area contributed by atoms with Crippen LogP contribution >= 0.6 is 0 Å². The zero-order valence-corrected chi connectivity index (χ0v) is 6.96. The summed E-state index contributed by atoms with van der Waals surface area (Å²) in [5, 5.41) is 14.3. The van der Waals surface area contributed by atoms with Crippen LogP contribution in [0.3, 0.4) is 0 Å². The van der Waals surface area contributed by atoms with E-state index in [9.17, 15) is 0 Å². The predicted octanol–water partition coefficient (Wildman–Crippen LogP) is 0.121. The van der Waals surface area contributed by atoms with E-state index in [2.05, 4.69) is 24.3 Å². The molecule has 11 heavy (non-hydrogen) atoms. The zero-order valence-electron chi connectivity index (χ0n) is 6.96. The highest BCUT2D eigenvalue weighted by molar-refractivity contribution is 5.81. The van der Waals surface area contributed by atoms with E-state index < -0.39 is 0 Å². The van der Waals surface area contributed by atoms with Crippen LogP contribution in [-0.2, 0) is 0 Å². The summed E-state index contributed by atoms with van der Waals surface area (Å²) in [6.07, 6.45) is 1.17. The summed E-state index contributed by atoms with van der Waals surface area (Å²) in [4.78, 5) is 0. The van der Waals surface area contributed by atoms with E-state index in [-0.39, 0.29) is 5.84 Å².